The van der Waals surface area contributed by atoms with Crippen LogP contribution in [0.3, 0.4) is 0 Å². The van der Waals surface area contributed by atoms with Crippen LogP contribution in [-0.4, -0.2) is 10.9 Å². The number of allylic oxidation sites excluding steroid dienone is 6. The molecule has 0 aromatic rings. The van der Waals surface area contributed by atoms with Gasteiger partial charge in [0.25, 0.3) is 0 Å². The highest BCUT2D eigenvalue weighted by molar-refractivity contribution is 6.09. The second-order valence-corrected chi connectivity index (χ2v) is 2.74. The number of rotatable bonds is 0. The molecule has 2 rings (SSSR count). The van der Waals surface area contributed by atoms with E-state index >= 15 is 0 Å². The summed E-state index contributed by atoms with van der Waals surface area (Å²) in [6.07, 6.45) is 6.53. The molecule has 0 spiro atoms. The van der Waals surface area contributed by atoms with Gasteiger partial charge >= 0.3 is 0 Å². The maximum Gasteiger partial charge on any atom is 0.189 e. The number of aliphatic hydroxyl groups excluding tert-OH is 1. The van der Waals surface area contributed by atoms with Gasteiger partial charge < -0.3 is 5.11 Å². The van der Waals surface area contributed by atoms with E-state index in [1.54, 1.807) is 6.08 Å². The fourth-order valence-electron chi connectivity index (χ4n) is 1.49. The predicted molar refractivity (Wildman–Crippen MR) is 41.1 cm³/mol. The third-order valence-electron chi connectivity index (χ3n) is 2.03. The number of hydrogen-bond acceptors (Lipinski definition) is 2. The molecule has 0 atom stereocenters. The van der Waals surface area contributed by atoms with Gasteiger partial charge in [0.1, 0.15) is 5.76 Å². The fraction of sp³-hybridized carbons (Fsp3) is 0.222. The SMILES string of the molecule is O=C1C=CC=C2CCC(O)=C12. The number of hydrogen-bond donors (Lipinski definition) is 1. The average Bonchev–Trinajstić information content (AvgIpc) is 2.34. The third-order valence-corrected chi connectivity index (χ3v) is 2.03. The van der Waals surface area contributed by atoms with E-state index in [0.717, 1.165) is 12.0 Å². The zero-order valence-electron chi connectivity index (χ0n) is 6.00. The number of ketones is 1. The molecule has 0 saturated heterocycles. The molecule has 0 heterocycles. The lowest BCUT2D eigenvalue weighted by molar-refractivity contribution is -0.111. The second-order valence-electron chi connectivity index (χ2n) is 2.74. The van der Waals surface area contributed by atoms with Gasteiger partial charge in [0.15, 0.2) is 5.78 Å². The molecular weight excluding hydrogens is 140 g/mol. The van der Waals surface area contributed by atoms with Gasteiger partial charge in [-0.2, -0.15) is 0 Å². The Kier molecular flexibility index (Phi) is 1.22. The zero-order chi connectivity index (χ0) is 7.84. The van der Waals surface area contributed by atoms with E-state index < -0.39 is 0 Å². The summed E-state index contributed by atoms with van der Waals surface area (Å²) in [7, 11) is 0. The Labute approximate surface area is 64.5 Å². The Morgan fingerprint density at radius 2 is 2.18 bits per heavy atom. The number of carbonyl (C=O) groups is 1. The Hall–Kier alpha value is -1.31. The first-order valence-electron chi connectivity index (χ1n) is 3.63. The molecule has 2 heteroatoms. The molecule has 0 unspecified atom stereocenters. The van der Waals surface area contributed by atoms with Crippen LogP contribution in [0.25, 0.3) is 0 Å². The molecule has 0 aliphatic heterocycles. The monoisotopic (exact) mass is 148 g/mol. The van der Waals surface area contributed by atoms with Gasteiger partial charge in [-0.3, -0.25) is 4.79 Å². The van der Waals surface area contributed by atoms with E-state index in [9.17, 15) is 9.90 Å². The van der Waals surface area contributed by atoms with Crippen molar-refractivity contribution in [2.45, 2.75) is 12.8 Å². The molecule has 2 nitrogen and oxygen atoms in total. The Balaban J connectivity index is 2.54. The third kappa shape index (κ3) is 0.827. The lowest BCUT2D eigenvalue weighted by Crippen LogP contribution is -2.03. The topological polar surface area (TPSA) is 37.3 Å². The number of aliphatic hydroxyl groups is 1. The minimum absolute atomic E-state index is 0.0579. The summed E-state index contributed by atoms with van der Waals surface area (Å²) in [6, 6.07) is 0. The van der Waals surface area contributed by atoms with E-state index in [0.29, 0.717) is 12.0 Å². The highest BCUT2D eigenvalue weighted by atomic mass is 16.3. The molecule has 0 saturated carbocycles. The standard InChI is InChI=1S/C9H8O2/c10-7-3-1-2-6-4-5-8(11)9(6)7/h1-3,11H,4-5H2. The largest absolute Gasteiger partial charge is 0.512 e. The minimum Gasteiger partial charge on any atom is -0.512 e. The van der Waals surface area contributed by atoms with Crippen LogP contribution in [0, 0.1) is 0 Å². The summed E-state index contributed by atoms with van der Waals surface area (Å²) in [4.78, 5) is 11.1. The van der Waals surface area contributed by atoms with Gasteiger partial charge in [0.05, 0.1) is 5.57 Å². The second kappa shape index (κ2) is 2.09. The molecule has 1 N–H and O–H groups in total. The molecule has 0 bridgehead atoms. The van der Waals surface area contributed by atoms with Crippen molar-refractivity contribution < 1.29 is 9.90 Å². The molecule has 0 aromatic heterocycles. The van der Waals surface area contributed by atoms with Gasteiger partial charge in [-0.25, -0.2) is 0 Å². The van der Waals surface area contributed by atoms with Crippen LogP contribution >= 0.6 is 0 Å². The van der Waals surface area contributed by atoms with Crippen LogP contribution in [-0.2, 0) is 4.79 Å². The number of fused-ring (bicyclic) bond motifs is 1. The lowest BCUT2D eigenvalue weighted by atomic mass is 10.00. The zero-order valence-corrected chi connectivity index (χ0v) is 6.00. The van der Waals surface area contributed by atoms with Gasteiger partial charge in [-0.05, 0) is 18.1 Å². The van der Waals surface area contributed by atoms with Crippen LogP contribution in [0.5, 0.6) is 0 Å². The molecule has 0 amide bonds. The Bertz CT molecular complexity index is 306. The van der Waals surface area contributed by atoms with Crippen molar-refractivity contribution in [3.05, 3.63) is 35.1 Å². The van der Waals surface area contributed by atoms with Crippen molar-refractivity contribution in [1.82, 2.24) is 0 Å². The maximum atomic E-state index is 11.1. The highest BCUT2D eigenvalue weighted by Crippen LogP contribution is 2.32. The predicted octanol–water partition coefficient (Wildman–Crippen LogP) is 1.66. The molecule has 2 aliphatic carbocycles. The average molecular weight is 148 g/mol. The molecule has 0 radical (unpaired) electrons. The van der Waals surface area contributed by atoms with Gasteiger partial charge in [-0.1, -0.05) is 12.2 Å². The van der Waals surface area contributed by atoms with E-state index in [2.05, 4.69) is 0 Å². The first-order chi connectivity index (χ1) is 5.29. The first kappa shape index (κ1) is 6.40. The highest BCUT2D eigenvalue weighted by Gasteiger charge is 2.24. The van der Waals surface area contributed by atoms with Crippen LogP contribution in [0.2, 0.25) is 0 Å². The van der Waals surface area contributed by atoms with Crippen molar-refractivity contribution in [2.24, 2.45) is 0 Å². The summed E-state index contributed by atoms with van der Waals surface area (Å²) in [5.74, 6) is 0.197. The summed E-state index contributed by atoms with van der Waals surface area (Å²) in [5, 5.41) is 9.28. The van der Waals surface area contributed by atoms with Crippen molar-refractivity contribution in [2.75, 3.05) is 0 Å². The summed E-state index contributed by atoms with van der Waals surface area (Å²) in [6.45, 7) is 0. The summed E-state index contributed by atoms with van der Waals surface area (Å²) >= 11 is 0. The lowest BCUT2D eigenvalue weighted by Gasteiger charge is -2.03. The molecule has 0 fully saturated rings. The van der Waals surface area contributed by atoms with Crippen LogP contribution in [0.15, 0.2) is 35.1 Å². The maximum absolute atomic E-state index is 11.1. The molecular formula is C9H8O2. The van der Waals surface area contributed by atoms with Gasteiger partial charge in [-0.15, -0.1) is 0 Å². The summed E-state index contributed by atoms with van der Waals surface area (Å²) < 4.78 is 0. The van der Waals surface area contributed by atoms with Crippen LogP contribution < -0.4 is 0 Å². The number of carbonyl (C=O) groups excluding carboxylic acids is 1. The van der Waals surface area contributed by atoms with E-state index in [4.69, 9.17) is 0 Å². The van der Waals surface area contributed by atoms with E-state index in [-0.39, 0.29) is 11.5 Å². The minimum atomic E-state index is -0.0579. The molecule has 56 valence electrons. The van der Waals surface area contributed by atoms with Crippen molar-refractivity contribution in [3.8, 4) is 0 Å². The smallest absolute Gasteiger partial charge is 0.189 e. The van der Waals surface area contributed by atoms with Crippen LogP contribution in [0.1, 0.15) is 12.8 Å². The summed E-state index contributed by atoms with van der Waals surface area (Å²) in [5.41, 5.74) is 1.52. The fourth-order valence-corrected chi connectivity index (χ4v) is 1.49. The normalized spacial score (nSPS) is 22.2. The quantitative estimate of drug-likeness (QED) is 0.567. The first-order valence-corrected chi connectivity index (χ1v) is 3.63. The van der Waals surface area contributed by atoms with Crippen LogP contribution in [0.4, 0.5) is 0 Å². The molecule has 11 heavy (non-hydrogen) atoms. The van der Waals surface area contributed by atoms with Gasteiger partial charge in [0.2, 0.25) is 0 Å². The van der Waals surface area contributed by atoms with E-state index in [1.165, 1.54) is 6.08 Å². The van der Waals surface area contributed by atoms with Crippen molar-refractivity contribution >= 4 is 5.78 Å². The van der Waals surface area contributed by atoms with Crippen molar-refractivity contribution in [3.63, 3.8) is 0 Å². The molecule has 2 aliphatic rings. The Morgan fingerprint density at radius 3 is 2.91 bits per heavy atom. The molecule has 0 aromatic carbocycles. The van der Waals surface area contributed by atoms with E-state index in [1.807, 2.05) is 6.08 Å². The Morgan fingerprint density at radius 1 is 1.36 bits per heavy atom. The van der Waals surface area contributed by atoms with Gasteiger partial charge in [0, 0.05) is 6.42 Å². The van der Waals surface area contributed by atoms with Crippen molar-refractivity contribution in [1.29, 1.82) is 0 Å².